The lowest BCUT2D eigenvalue weighted by Crippen LogP contribution is -2.30. The Morgan fingerprint density at radius 1 is 1.00 bits per heavy atom. The lowest BCUT2D eigenvalue weighted by Gasteiger charge is -2.24. The van der Waals surface area contributed by atoms with Crippen molar-refractivity contribution < 1.29 is 33.6 Å². The van der Waals surface area contributed by atoms with E-state index in [-0.39, 0.29) is 24.1 Å². The van der Waals surface area contributed by atoms with Gasteiger partial charge in [-0.1, -0.05) is 18.2 Å². The number of aromatic nitrogens is 2. The van der Waals surface area contributed by atoms with E-state index in [0.717, 1.165) is 0 Å². The molecule has 0 spiro atoms. The van der Waals surface area contributed by atoms with Gasteiger partial charge in [0.2, 0.25) is 12.7 Å². The molecule has 2 aliphatic heterocycles. The van der Waals surface area contributed by atoms with Crippen LogP contribution in [-0.4, -0.2) is 47.8 Å². The Labute approximate surface area is 210 Å². The summed E-state index contributed by atoms with van der Waals surface area (Å²) in [7, 11) is 3.00. The molecule has 4 aromatic rings. The number of para-hydroxylation sites is 2. The molecule has 1 unspecified atom stereocenters. The lowest BCUT2D eigenvalue weighted by molar-refractivity contribution is -0.132. The summed E-state index contributed by atoms with van der Waals surface area (Å²) in [5, 5.41) is 11.4. The van der Waals surface area contributed by atoms with Gasteiger partial charge in [0.15, 0.2) is 23.0 Å². The number of methoxy groups -OCH3 is 2. The zero-order chi connectivity index (χ0) is 25.7. The zero-order valence-electron chi connectivity index (χ0n) is 19.8. The lowest BCUT2D eigenvalue weighted by atomic mass is 9.95. The number of fused-ring (bicyclic) bond motifs is 2. The van der Waals surface area contributed by atoms with Gasteiger partial charge < -0.3 is 29.0 Å². The Balaban J connectivity index is 1.57. The van der Waals surface area contributed by atoms with E-state index >= 15 is 0 Å². The highest BCUT2D eigenvalue weighted by molar-refractivity contribution is 6.51. The van der Waals surface area contributed by atoms with Crippen LogP contribution in [0.3, 0.4) is 0 Å². The van der Waals surface area contributed by atoms with Crippen LogP contribution in [0.4, 0.5) is 5.95 Å². The van der Waals surface area contributed by atoms with Crippen molar-refractivity contribution in [1.82, 2.24) is 9.97 Å². The number of rotatable bonds is 5. The molecule has 3 aromatic carbocycles. The first-order chi connectivity index (χ1) is 18.0. The maximum absolute atomic E-state index is 13.5. The van der Waals surface area contributed by atoms with Crippen molar-refractivity contribution in [3.8, 4) is 23.0 Å². The number of amides is 1. The molecule has 0 bridgehead atoms. The van der Waals surface area contributed by atoms with Crippen LogP contribution in [0.5, 0.6) is 23.0 Å². The molecule has 2 N–H and O–H groups in total. The number of aliphatic hydroxyl groups excluding tert-OH is 1. The maximum Gasteiger partial charge on any atom is 0.302 e. The van der Waals surface area contributed by atoms with Crippen molar-refractivity contribution in [1.29, 1.82) is 0 Å². The Kier molecular flexibility index (Phi) is 5.22. The summed E-state index contributed by atoms with van der Waals surface area (Å²) in [6.45, 7) is 0.0572. The number of nitrogens with one attached hydrogen (secondary N) is 1. The minimum Gasteiger partial charge on any atom is -0.507 e. The molecule has 37 heavy (non-hydrogen) atoms. The third-order valence-electron chi connectivity index (χ3n) is 6.42. The fourth-order valence-electron chi connectivity index (χ4n) is 4.64. The third-order valence-corrected chi connectivity index (χ3v) is 6.42. The summed E-state index contributed by atoms with van der Waals surface area (Å²) in [4.78, 5) is 35.8. The number of carbonyl (C=O) groups is 2. The molecule has 10 heteroatoms. The number of carbonyl (C=O) groups excluding carboxylic acids is 2. The fourth-order valence-corrected chi connectivity index (χ4v) is 4.64. The monoisotopic (exact) mass is 499 g/mol. The van der Waals surface area contributed by atoms with Gasteiger partial charge in [-0.3, -0.25) is 14.5 Å². The number of anilines is 1. The topological polar surface area (TPSA) is 123 Å². The van der Waals surface area contributed by atoms with Crippen LogP contribution in [0.15, 0.2) is 66.2 Å². The van der Waals surface area contributed by atoms with Crippen molar-refractivity contribution in [2.45, 2.75) is 6.04 Å². The molecule has 0 aliphatic carbocycles. The van der Waals surface area contributed by atoms with E-state index in [2.05, 4.69) is 9.97 Å². The van der Waals surface area contributed by atoms with Crippen LogP contribution in [-0.2, 0) is 9.59 Å². The number of aromatic amines is 1. The molecule has 186 valence electrons. The minimum absolute atomic E-state index is 0.0572. The van der Waals surface area contributed by atoms with Crippen molar-refractivity contribution in [3.63, 3.8) is 0 Å². The van der Waals surface area contributed by atoms with E-state index in [4.69, 9.17) is 18.9 Å². The Morgan fingerprint density at radius 2 is 1.78 bits per heavy atom. The summed E-state index contributed by atoms with van der Waals surface area (Å²) in [5.41, 5.74) is 2.04. The second kappa shape index (κ2) is 8.59. The largest absolute Gasteiger partial charge is 0.507 e. The number of H-pyrrole nitrogens is 1. The molecule has 1 aromatic heterocycles. The number of Topliss-reactive ketones (excluding diaryl/α,β-unsaturated/α-hetero) is 1. The number of ketones is 1. The van der Waals surface area contributed by atoms with E-state index < -0.39 is 17.7 Å². The van der Waals surface area contributed by atoms with Crippen molar-refractivity contribution in [2.75, 3.05) is 25.9 Å². The number of imidazole rings is 1. The van der Waals surface area contributed by atoms with Gasteiger partial charge in [-0.2, -0.15) is 0 Å². The predicted molar refractivity (Wildman–Crippen MR) is 133 cm³/mol. The summed E-state index contributed by atoms with van der Waals surface area (Å²) in [6, 6.07) is 16.1. The summed E-state index contributed by atoms with van der Waals surface area (Å²) >= 11 is 0. The van der Waals surface area contributed by atoms with Gasteiger partial charge in [-0.15, -0.1) is 0 Å². The highest BCUT2D eigenvalue weighted by atomic mass is 16.7. The van der Waals surface area contributed by atoms with Crippen LogP contribution < -0.4 is 23.8 Å². The predicted octanol–water partition coefficient (Wildman–Crippen LogP) is 3.94. The van der Waals surface area contributed by atoms with Gasteiger partial charge in [-0.05, 0) is 48.0 Å². The third kappa shape index (κ3) is 3.53. The van der Waals surface area contributed by atoms with Gasteiger partial charge in [0.1, 0.15) is 5.76 Å². The first-order valence-electron chi connectivity index (χ1n) is 11.4. The molecule has 1 amide bonds. The van der Waals surface area contributed by atoms with E-state index in [9.17, 15) is 14.7 Å². The van der Waals surface area contributed by atoms with E-state index in [1.54, 1.807) is 42.5 Å². The molecule has 0 saturated carbocycles. The van der Waals surface area contributed by atoms with Crippen LogP contribution in [0, 0.1) is 0 Å². The number of nitrogens with zero attached hydrogens (tertiary/aromatic N) is 2. The van der Waals surface area contributed by atoms with Gasteiger partial charge in [0, 0.05) is 5.56 Å². The first-order valence-corrected chi connectivity index (χ1v) is 11.4. The maximum atomic E-state index is 13.5. The number of aliphatic hydroxyl groups is 1. The molecule has 1 saturated heterocycles. The normalized spacial score (nSPS) is 18.0. The highest BCUT2D eigenvalue weighted by Gasteiger charge is 2.48. The summed E-state index contributed by atoms with van der Waals surface area (Å²) in [5.74, 6) is -0.0330. The smallest absolute Gasteiger partial charge is 0.302 e. The molecule has 0 radical (unpaired) electrons. The Bertz CT molecular complexity index is 1570. The molecule has 2 aliphatic rings. The highest BCUT2D eigenvalue weighted by Crippen LogP contribution is 2.44. The minimum atomic E-state index is -1.01. The van der Waals surface area contributed by atoms with Crippen LogP contribution in [0.25, 0.3) is 16.8 Å². The fraction of sp³-hybridized carbons (Fsp3) is 0.148. The zero-order valence-corrected chi connectivity index (χ0v) is 19.8. The van der Waals surface area contributed by atoms with Crippen molar-refractivity contribution in [3.05, 3.63) is 77.4 Å². The van der Waals surface area contributed by atoms with Gasteiger partial charge in [0.25, 0.3) is 5.78 Å². The number of ether oxygens (including phenoxy) is 4. The van der Waals surface area contributed by atoms with Crippen molar-refractivity contribution in [2.24, 2.45) is 0 Å². The summed E-state index contributed by atoms with van der Waals surface area (Å²) in [6.07, 6.45) is 0. The van der Waals surface area contributed by atoms with E-state index in [1.807, 2.05) is 18.2 Å². The number of benzene rings is 3. The average Bonchev–Trinajstić information content (AvgIpc) is 3.63. The second-order valence-corrected chi connectivity index (χ2v) is 8.43. The van der Waals surface area contributed by atoms with Gasteiger partial charge in [-0.25, -0.2) is 4.98 Å². The van der Waals surface area contributed by atoms with E-state index in [1.165, 1.54) is 19.1 Å². The SMILES string of the molecule is COc1ccc(C2/C(=C(\O)c3ccc4c(c3)OCO4)C(=O)C(=O)N2c2nc3ccccc3[nH]2)cc1OC. The molecule has 6 rings (SSSR count). The molecular formula is C27H21N3O7. The van der Waals surface area contributed by atoms with E-state index in [0.29, 0.717) is 45.2 Å². The van der Waals surface area contributed by atoms with Crippen LogP contribution in [0.1, 0.15) is 17.2 Å². The number of hydrogen-bond acceptors (Lipinski definition) is 8. The molecule has 1 atom stereocenters. The van der Waals surface area contributed by atoms with Crippen LogP contribution >= 0.6 is 0 Å². The summed E-state index contributed by atoms with van der Waals surface area (Å²) < 4.78 is 21.6. The Morgan fingerprint density at radius 3 is 2.57 bits per heavy atom. The second-order valence-electron chi connectivity index (χ2n) is 8.43. The van der Waals surface area contributed by atoms with Crippen LogP contribution in [0.2, 0.25) is 0 Å². The standard InChI is InChI=1S/C27H21N3O7/c1-34-18-9-7-14(11-20(18)35-2)23-22(24(31)15-8-10-19-21(12-15)37-13-36-19)25(32)26(33)30(23)27-28-16-5-3-4-6-17(16)29-27/h3-12,23,31H,13H2,1-2H3,(H,28,29)/b24-22+. The quantitative estimate of drug-likeness (QED) is 0.241. The van der Waals surface area contributed by atoms with Crippen molar-refractivity contribution >= 4 is 34.4 Å². The Hall–Kier alpha value is -4.99. The molecular weight excluding hydrogens is 478 g/mol. The van der Waals surface area contributed by atoms with Gasteiger partial charge in [0.05, 0.1) is 36.9 Å². The molecule has 1 fully saturated rings. The molecule has 10 nitrogen and oxygen atoms in total. The first kappa shape index (κ1) is 22.5. The molecule has 3 heterocycles. The van der Waals surface area contributed by atoms with Gasteiger partial charge >= 0.3 is 5.91 Å². The average molecular weight is 499 g/mol. The number of hydrogen-bond donors (Lipinski definition) is 2.